The Balaban J connectivity index is 1.63. The van der Waals surface area contributed by atoms with Crippen LogP contribution in [0.1, 0.15) is 35.5 Å². The summed E-state index contributed by atoms with van der Waals surface area (Å²) in [5, 5.41) is 15.7. The Bertz CT molecular complexity index is 710. The highest BCUT2D eigenvalue weighted by Gasteiger charge is 2.26. The average Bonchev–Trinajstić information content (AvgIpc) is 3.15. The second-order valence-electron chi connectivity index (χ2n) is 5.91. The Kier molecular flexibility index (Phi) is 4.18. The van der Waals surface area contributed by atoms with Crippen molar-refractivity contribution in [2.75, 3.05) is 13.1 Å². The summed E-state index contributed by atoms with van der Waals surface area (Å²) in [5.41, 5.74) is 1.02. The van der Waals surface area contributed by atoms with Gasteiger partial charge in [-0.15, -0.1) is 0 Å². The summed E-state index contributed by atoms with van der Waals surface area (Å²) in [7, 11) is 0. The summed E-state index contributed by atoms with van der Waals surface area (Å²) in [6.45, 7) is 2.99. The second kappa shape index (κ2) is 6.28. The van der Waals surface area contributed by atoms with Crippen LogP contribution in [-0.4, -0.2) is 45.2 Å². The molecule has 2 aromatic heterocycles. The lowest BCUT2D eigenvalue weighted by molar-refractivity contribution is -0.138. The zero-order valence-electron chi connectivity index (χ0n) is 12.9. The van der Waals surface area contributed by atoms with Crippen molar-refractivity contribution in [3.05, 3.63) is 29.7 Å². The van der Waals surface area contributed by atoms with E-state index in [0.29, 0.717) is 43.1 Å². The van der Waals surface area contributed by atoms with Gasteiger partial charge in [0.1, 0.15) is 11.5 Å². The molecule has 1 aliphatic heterocycles. The first-order valence-electron chi connectivity index (χ1n) is 7.66. The van der Waals surface area contributed by atoms with E-state index in [1.165, 1.54) is 0 Å². The summed E-state index contributed by atoms with van der Waals surface area (Å²) in [6, 6.07) is 5.36. The van der Waals surface area contributed by atoms with Gasteiger partial charge in [0.15, 0.2) is 11.5 Å². The molecule has 0 spiro atoms. The Morgan fingerprint density at radius 3 is 2.74 bits per heavy atom. The Labute approximate surface area is 133 Å². The van der Waals surface area contributed by atoms with Crippen LogP contribution in [0.25, 0.3) is 11.5 Å². The predicted octanol–water partition coefficient (Wildman–Crippen LogP) is 2.31. The number of amides is 1. The highest BCUT2D eigenvalue weighted by Crippen LogP contribution is 2.24. The quantitative estimate of drug-likeness (QED) is 0.901. The molecule has 0 aromatic carbocycles. The highest BCUT2D eigenvalue weighted by molar-refractivity contribution is 5.93. The number of likely N-dealkylation sites (tertiary alicyclic amines) is 1. The van der Waals surface area contributed by atoms with Gasteiger partial charge in [-0.05, 0) is 37.8 Å². The van der Waals surface area contributed by atoms with E-state index in [1.807, 2.05) is 19.1 Å². The molecule has 3 rings (SSSR count). The summed E-state index contributed by atoms with van der Waals surface area (Å²) < 4.78 is 5.51. The van der Waals surface area contributed by atoms with E-state index >= 15 is 0 Å². The monoisotopic (exact) mass is 317 g/mol. The predicted molar refractivity (Wildman–Crippen MR) is 81.9 cm³/mol. The van der Waals surface area contributed by atoms with E-state index in [4.69, 9.17) is 9.52 Å². The van der Waals surface area contributed by atoms with Crippen molar-refractivity contribution in [2.24, 2.45) is 5.92 Å². The van der Waals surface area contributed by atoms with E-state index < -0.39 is 5.97 Å². The third kappa shape index (κ3) is 3.44. The van der Waals surface area contributed by atoms with Gasteiger partial charge in [0, 0.05) is 25.6 Å². The van der Waals surface area contributed by atoms with Crippen LogP contribution in [0.15, 0.2) is 22.6 Å². The minimum Gasteiger partial charge on any atom is -0.481 e. The van der Waals surface area contributed by atoms with Crippen molar-refractivity contribution < 1.29 is 19.1 Å². The summed E-state index contributed by atoms with van der Waals surface area (Å²) in [4.78, 5) is 24.9. The Morgan fingerprint density at radius 1 is 1.39 bits per heavy atom. The van der Waals surface area contributed by atoms with E-state index in [2.05, 4.69) is 10.2 Å². The zero-order valence-corrected chi connectivity index (χ0v) is 12.9. The van der Waals surface area contributed by atoms with Crippen LogP contribution in [0.4, 0.5) is 0 Å². The number of carbonyl (C=O) groups excluding carboxylic acids is 1. The fourth-order valence-corrected chi connectivity index (χ4v) is 2.89. The lowest BCUT2D eigenvalue weighted by Gasteiger charge is -2.30. The topological polar surface area (TPSA) is 99.4 Å². The number of nitrogens with one attached hydrogen (secondary N) is 1. The van der Waals surface area contributed by atoms with Gasteiger partial charge in [-0.25, -0.2) is 0 Å². The van der Waals surface area contributed by atoms with Crippen LogP contribution in [-0.2, 0) is 4.79 Å². The molecule has 1 amide bonds. The van der Waals surface area contributed by atoms with Crippen LogP contribution in [0.5, 0.6) is 0 Å². The standard InChI is InChI=1S/C16H19N3O4/c1-10-2-3-14(23-10)12-9-13(18-17-12)16(22)19-6-4-11(5-7-19)8-15(20)21/h2-3,9,11H,4-8H2,1H3,(H,17,18)(H,20,21). The molecule has 0 saturated carbocycles. The first-order chi connectivity index (χ1) is 11.0. The first kappa shape index (κ1) is 15.3. The Hall–Kier alpha value is -2.57. The molecule has 1 fully saturated rings. The summed E-state index contributed by atoms with van der Waals surface area (Å²) >= 11 is 0. The van der Waals surface area contributed by atoms with Gasteiger partial charge in [-0.3, -0.25) is 14.7 Å². The van der Waals surface area contributed by atoms with Gasteiger partial charge in [0.2, 0.25) is 0 Å². The third-order valence-corrected chi connectivity index (χ3v) is 4.17. The number of aromatic amines is 1. The molecule has 23 heavy (non-hydrogen) atoms. The number of aliphatic carboxylic acids is 1. The third-order valence-electron chi connectivity index (χ3n) is 4.17. The molecule has 1 aliphatic rings. The molecule has 122 valence electrons. The fourth-order valence-electron chi connectivity index (χ4n) is 2.89. The van der Waals surface area contributed by atoms with Crippen molar-refractivity contribution in [3.8, 4) is 11.5 Å². The molecule has 0 bridgehead atoms. The number of carboxylic acid groups (broad SMARTS) is 1. The van der Waals surface area contributed by atoms with E-state index in [1.54, 1.807) is 11.0 Å². The number of rotatable bonds is 4. The van der Waals surface area contributed by atoms with E-state index in [0.717, 1.165) is 5.76 Å². The second-order valence-corrected chi connectivity index (χ2v) is 5.91. The van der Waals surface area contributed by atoms with Crippen LogP contribution >= 0.6 is 0 Å². The number of H-pyrrole nitrogens is 1. The van der Waals surface area contributed by atoms with Crippen molar-refractivity contribution >= 4 is 11.9 Å². The number of piperidine rings is 1. The molecule has 2 aromatic rings. The van der Waals surface area contributed by atoms with E-state index in [9.17, 15) is 9.59 Å². The maximum Gasteiger partial charge on any atom is 0.303 e. The average molecular weight is 317 g/mol. The van der Waals surface area contributed by atoms with Gasteiger partial charge in [0.05, 0.1) is 0 Å². The van der Waals surface area contributed by atoms with Gasteiger partial charge in [0.25, 0.3) is 5.91 Å². The fraction of sp³-hybridized carbons (Fsp3) is 0.438. The molecular formula is C16H19N3O4. The van der Waals surface area contributed by atoms with Crippen LogP contribution in [0.3, 0.4) is 0 Å². The normalized spacial score (nSPS) is 15.8. The number of nitrogens with zero attached hydrogens (tertiary/aromatic N) is 2. The highest BCUT2D eigenvalue weighted by atomic mass is 16.4. The SMILES string of the molecule is Cc1ccc(-c2cc(C(=O)N3CCC(CC(=O)O)CC3)n[nH]2)o1. The maximum absolute atomic E-state index is 12.5. The van der Waals surface area contributed by atoms with Gasteiger partial charge in [-0.2, -0.15) is 5.10 Å². The van der Waals surface area contributed by atoms with Crippen LogP contribution < -0.4 is 0 Å². The van der Waals surface area contributed by atoms with Crippen molar-refractivity contribution in [3.63, 3.8) is 0 Å². The molecule has 3 heterocycles. The van der Waals surface area contributed by atoms with Crippen molar-refractivity contribution in [1.29, 1.82) is 0 Å². The number of carbonyl (C=O) groups is 2. The number of aryl methyl sites for hydroxylation is 1. The van der Waals surface area contributed by atoms with Gasteiger partial charge in [-0.1, -0.05) is 0 Å². The molecule has 0 atom stereocenters. The van der Waals surface area contributed by atoms with Crippen LogP contribution in [0.2, 0.25) is 0 Å². The molecule has 1 saturated heterocycles. The lowest BCUT2D eigenvalue weighted by atomic mass is 9.93. The number of hydrogen-bond donors (Lipinski definition) is 2. The maximum atomic E-state index is 12.5. The summed E-state index contributed by atoms with van der Waals surface area (Å²) in [6.07, 6.45) is 1.60. The summed E-state index contributed by atoms with van der Waals surface area (Å²) in [5.74, 6) is 0.680. The number of carboxylic acids is 1. The number of hydrogen-bond acceptors (Lipinski definition) is 4. The Morgan fingerprint density at radius 2 is 2.13 bits per heavy atom. The van der Waals surface area contributed by atoms with Crippen LogP contribution in [0, 0.1) is 12.8 Å². The van der Waals surface area contributed by atoms with E-state index in [-0.39, 0.29) is 18.2 Å². The minimum atomic E-state index is -0.777. The minimum absolute atomic E-state index is 0.135. The van der Waals surface area contributed by atoms with Gasteiger partial charge >= 0.3 is 5.97 Å². The number of aromatic nitrogens is 2. The molecular weight excluding hydrogens is 298 g/mol. The van der Waals surface area contributed by atoms with Crippen molar-refractivity contribution in [1.82, 2.24) is 15.1 Å². The number of furan rings is 1. The van der Waals surface area contributed by atoms with Gasteiger partial charge < -0.3 is 14.4 Å². The first-order valence-corrected chi connectivity index (χ1v) is 7.66. The molecule has 0 radical (unpaired) electrons. The molecule has 2 N–H and O–H groups in total. The molecule has 7 heteroatoms. The van der Waals surface area contributed by atoms with Crippen molar-refractivity contribution in [2.45, 2.75) is 26.2 Å². The molecule has 0 aliphatic carbocycles. The molecule has 7 nitrogen and oxygen atoms in total. The smallest absolute Gasteiger partial charge is 0.303 e. The largest absolute Gasteiger partial charge is 0.481 e. The zero-order chi connectivity index (χ0) is 16.4. The molecule has 0 unspecified atom stereocenters. The lowest BCUT2D eigenvalue weighted by Crippen LogP contribution is -2.39.